The Hall–Kier alpha value is -0.650. The van der Waals surface area contributed by atoms with E-state index in [1.165, 1.54) is 7.11 Å². The van der Waals surface area contributed by atoms with E-state index in [1.54, 1.807) is 7.11 Å². The van der Waals surface area contributed by atoms with Crippen molar-refractivity contribution in [2.24, 2.45) is 5.73 Å². The topological polar surface area (TPSA) is 73.6 Å². The summed E-state index contributed by atoms with van der Waals surface area (Å²) in [5.74, 6) is -0.149. The zero-order valence-electron chi connectivity index (χ0n) is 9.62. The van der Waals surface area contributed by atoms with Crippen molar-refractivity contribution in [2.45, 2.75) is 25.3 Å². The first-order valence-electron chi connectivity index (χ1n) is 5.23. The Balaban J connectivity index is 3.30. The van der Waals surface area contributed by atoms with Gasteiger partial charge >= 0.3 is 0 Å². The number of hydrogen-bond acceptors (Lipinski definition) is 4. The molecule has 0 fully saturated rings. The molecule has 5 nitrogen and oxygen atoms in total. The van der Waals surface area contributed by atoms with E-state index in [1.807, 2.05) is 0 Å². The van der Waals surface area contributed by atoms with Gasteiger partial charge in [-0.25, -0.2) is 0 Å². The number of amides is 1. The van der Waals surface area contributed by atoms with Crippen molar-refractivity contribution in [2.75, 3.05) is 34.0 Å². The fourth-order valence-corrected chi connectivity index (χ4v) is 1.15. The van der Waals surface area contributed by atoms with Crippen molar-refractivity contribution in [3.05, 3.63) is 0 Å². The van der Waals surface area contributed by atoms with E-state index in [9.17, 15) is 4.79 Å². The molecule has 15 heavy (non-hydrogen) atoms. The Kier molecular flexibility index (Phi) is 9.46. The highest BCUT2D eigenvalue weighted by atomic mass is 16.5. The van der Waals surface area contributed by atoms with E-state index in [-0.39, 0.29) is 12.5 Å². The number of unbranched alkanes of at least 4 members (excludes halogenated alkanes) is 2. The highest BCUT2D eigenvalue weighted by molar-refractivity contribution is 5.81. The molecule has 1 amide bonds. The van der Waals surface area contributed by atoms with Gasteiger partial charge in [0.2, 0.25) is 5.91 Å². The van der Waals surface area contributed by atoms with Gasteiger partial charge < -0.3 is 20.5 Å². The summed E-state index contributed by atoms with van der Waals surface area (Å²) in [5, 5.41) is 2.76. The van der Waals surface area contributed by atoms with Crippen molar-refractivity contribution in [3.63, 3.8) is 0 Å². The molecule has 3 N–H and O–H groups in total. The van der Waals surface area contributed by atoms with Gasteiger partial charge in [0.25, 0.3) is 0 Å². The third-order valence-corrected chi connectivity index (χ3v) is 2.01. The van der Waals surface area contributed by atoms with Crippen LogP contribution in [0.15, 0.2) is 0 Å². The zero-order valence-corrected chi connectivity index (χ0v) is 9.62. The van der Waals surface area contributed by atoms with Gasteiger partial charge in [-0.3, -0.25) is 4.79 Å². The van der Waals surface area contributed by atoms with Gasteiger partial charge in [0.05, 0.1) is 6.61 Å². The van der Waals surface area contributed by atoms with E-state index in [0.717, 1.165) is 25.9 Å². The first-order valence-corrected chi connectivity index (χ1v) is 5.23. The van der Waals surface area contributed by atoms with Crippen LogP contribution in [-0.2, 0) is 14.3 Å². The van der Waals surface area contributed by atoms with E-state index >= 15 is 0 Å². The summed E-state index contributed by atoms with van der Waals surface area (Å²) in [5.41, 5.74) is 5.53. The van der Waals surface area contributed by atoms with Crippen molar-refractivity contribution < 1.29 is 14.3 Å². The largest absolute Gasteiger partial charge is 0.385 e. The van der Waals surface area contributed by atoms with Crippen LogP contribution in [0.25, 0.3) is 0 Å². The Morgan fingerprint density at radius 3 is 2.60 bits per heavy atom. The predicted molar refractivity (Wildman–Crippen MR) is 58.6 cm³/mol. The summed E-state index contributed by atoms with van der Waals surface area (Å²) in [6.07, 6.45) is 3.03. The zero-order chi connectivity index (χ0) is 11.5. The van der Waals surface area contributed by atoms with Gasteiger partial charge in [-0.2, -0.15) is 0 Å². The van der Waals surface area contributed by atoms with Crippen molar-refractivity contribution in [1.29, 1.82) is 0 Å². The second kappa shape index (κ2) is 9.89. The Bertz CT molecular complexity index is 165. The maximum Gasteiger partial charge on any atom is 0.239 e. The molecule has 0 aromatic carbocycles. The van der Waals surface area contributed by atoms with Gasteiger partial charge in [0.15, 0.2) is 0 Å². The summed E-state index contributed by atoms with van der Waals surface area (Å²) in [4.78, 5) is 11.3. The number of hydrogen-bond donors (Lipinski definition) is 2. The number of nitrogens with two attached hydrogens (primary N) is 1. The van der Waals surface area contributed by atoms with Crippen LogP contribution in [0, 0.1) is 0 Å². The van der Waals surface area contributed by atoms with E-state index in [2.05, 4.69) is 5.32 Å². The van der Waals surface area contributed by atoms with E-state index in [0.29, 0.717) is 6.54 Å². The molecule has 0 rings (SSSR count). The van der Waals surface area contributed by atoms with Crippen LogP contribution in [0.1, 0.15) is 19.3 Å². The molecule has 0 bridgehead atoms. The number of nitrogens with one attached hydrogen (secondary N) is 1. The van der Waals surface area contributed by atoms with Crippen LogP contribution in [-0.4, -0.2) is 45.9 Å². The highest BCUT2D eigenvalue weighted by Crippen LogP contribution is 1.93. The van der Waals surface area contributed by atoms with Gasteiger partial charge in [0, 0.05) is 27.4 Å². The summed E-state index contributed by atoms with van der Waals surface area (Å²) in [7, 11) is 3.21. The molecule has 5 heteroatoms. The summed E-state index contributed by atoms with van der Waals surface area (Å²) >= 11 is 0. The lowest BCUT2D eigenvalue weighted by molar-refractivity contribution is -0.123. The van der Waals surface area contributed by atoms with Crippen LogP contribution in [0.5, 0.6) is 0 Å². The molecule has 0 aliphatic heterocycles. The second-order valence-electron chi connectivity index (χ2n) is 3.41. The average molecular weight is 218 g/mol. The van der Waals surface area contributed by atoms with E-state index in [4.69, 9.17) is 15.2 Å². The SMILES string of the molecule is COCCCCCNC(=O)C(N)COC. The molecule has 90 valence electrons. The van der Waals surface area contributed by atoms with Crippen LogP contribution in [0.4, 0.5) is 0 Å². The Labute approximate surface area is 91.3 Å². The molecular formula is C10H22N2O3. The number of carbonyl (C=O) groups is 1. The highest BCUT2D eigenvalue weighted by Gasteiger charge is 2.11. The standard InChI is InChI=1S/C10H22N2O3/c1-14-7-5-3-4-6-12-10(13)9(11)8-15-2/h9H,3-8,11H2,1-2H3,(H,12,13). The summed E-state index contributed by atoms with van der Waals surface area (Å²) in [6.45, 7) is 1.70. The van der Waals surface area contributed by atoms with E-state index < -0.39 is 6.04 Å². The molecule has 0 spiro atoms. The maximum atomic E-state index is 11.3. The Morgan fingerprint density at radius 1 is 1.27 bits per heavy atom. The predicted octanol–water partition coefficient (Wildman–Crippen LogP) is -0.107. The fraction of sp³-hybridized carbons (Fsp3) is 0.900. The summed E-state index contributed by atoms with van der Waals surface area (Å²) < 4.78 is 9.70. The molecule has 0 saturated carbocycles. The molecule has 0 aromatic rings. The minimum atomic E-state index is -0.561. The smallest absolute Gasteiger partial charge is 0.239 e. The molecule has 0 heterocycles. The first kappa shape index (κ1) is 14.3. The van der Waals surface area contributed by atoms with Crippen LogP contribution in [0.3, 0.4) is 0 Å². The van der Waals surface area contributed by atoms with Crippen LogP contribution < -0.4 is 11.1 Å². The molecular weight excluding hydrogens is 196 g/mol. The van der Waals surface area contributed by atoms with Crippen molar-refractivity contribution in [1.82, 2.24) is 5.32 Å². The van der Waals surface area contributed by atoms with Gasteiger partial charge in [-0.15, -0.1) is 0 Å². The first-order chi connectivity index (χ1) is 7.22. The van der Waals surface area contributed by atoms with Crippen LogP contribution in [0.2, 0.25) is 0 Å². The quantitative estimate of drug-likeness (QED) is 0.530. The molecule has 0 aromatic heterocycles. The lowest BCUT2D eigenvalue weighted by Gasteiger charge is -2.10. The fourth-order valence-electron chi connectivity index (χ4n) is 1.15. The lowest BCUT2D eigenvalue weighted by Crippen LogP contribution is -2.43. The van der Waals surface area contributed by atoms with Gasteiger partial charge in [-0.1, -0.05) is 0 Å². The average Bonchev–Trinajstić information content (AvgIpc) is 2.23. The van der Waals surface area contributed by atoms with Gasteiger partial charge in [0.1, 0.15) is 6.04 Å². The lowest BCUT2D eigenvalue weighted by atomic mass is 10.2. The Morgan fingerprint density at radius 2 is 2.00 bits per heavy atom. The molecule has 0 aliphatic rings. The number of carbonyl (C=O) groups excluding carboxylic acids is 1. The van der Waals surface area contributed by atoms with Crippen LogP contribution >= 0.6 is 0 Å². The molecule has 0 aliphatic carbocycles. The summed E-state index contributed by atoms with van der Waals surface area (Å²) in [6, 6.07) is -0.561. The minimum absolute atomic E-state index is 0.149. The van der Waals surface area contributed by atoms with Crippen molar-refractivity contribution in [3.8, 4) is 0 Å². The molecule has 0 saturated heterocycles. The number of ether oxygens (including phenoxy) is 2. The molecule has 1 atom stereocenters. The van der Waals surface area contributed by atoms with Crippen molar-refractivity contribution >= 4 is 5.91 Å². The third-order valence-electron chi connectivity index (χ3n) is 2.01. The monoisotopic (exact) mass is 218 g/mol. The van der Waals surface area contributed by atoms with Gasteiger partial charge in [-0.05, 0) is 19.3 Å². The second-order valence-corrected chi connectivity index (χ2v) is 3.41. The number of methoxy groups -OCH3 is 2. The normalized spacial score (nSPS) is 12.5. The minimum Gasteiger partial charge on any atom is -0.385 e. The maximum absolute atomic E-state index is 11.3. The third kappa shape index (κ3) is 8.35. The molecule has 0 radical (unpaired) electrons. The number of rotatable bonds is 9. The molecule has 1 unspecified atom stereocenters.